The lowest BCUT2D eigenvalue weighted by Gasteiger charge is -2.17. The molecule has 7 heteroatoms. The first kappa shape index (κ1) is 26.4. The Kier molecular flexibility index (Phi) is 13.4. The second-order valence-electron chi connectivity index (χ2n) is 7.71. The summed E-state index contributed by atoms with van der Waals surface area (Å²) in [4.78, 5) is 12.1. The van der Waals surface area contributed by atoms with Crippen molar-refractivity contribution in [2.75, 3.05) is 19.5 Å². The summed E-state index contributed by atoms with van der Waals surface area (Å²) in [6.07, 6.45) is 11.4. The van der Waals surface area contributed by atoms with Crippen LogP contribution in [-0.4, -0.2) is 34.1 Å². The van der Waals surface area contributed by atoms with Crippen molar-refractivity contribution in [2.24, 2.45) is 0 Å². The van der Waals surface area contributed by atoms with Gasteiger partial charge < -0.3 is 9.47 Å². The fourth-order valence-electron chi connectivity index (χ4n) is 3.22. The Hall–Kier alpha value is -1.63. The smallest absolute Gasteiger partial charge is 0.434 e. The molecule has 5 nitrogen and oxygen atoms in total. The summed E-state index contributed by atoms with van der Waals surface area (Å²) in [6, 6.07) is 5.92. The van der Waals surface area contributed by atoms with Crippen molar-refractivity contribution < 1.29 is 27.1 Å². The van der Waals surface area contributed by atoms with E-state index in [9.17, 15) is 17.6 Å². The number of sulfone groups is 1. The van der Waals surface area contributed by atoms with Crippen LogP contribution >= 0.6 is 0 Å². The Morgan fingerprint density at radius 2 is 1.47 bits per heavy atom. The molecule has 1 aromatic carbocycles. The van der Waals surface area contributed by atoms with Crippen molar-refractivity contribution >= 4 is 16.0 Å². The van der Waals surface area contributed by atoms with Crippen molar-refractivity contribution in [3.63, 3.8) is 0 Å². The molecule has 1 unspecified atom stereocenters. The molecule has 1 aromatic rings. The van der Waals surface area contributed by atoms with E-state index in [1.807, 2.05) is 0 Å². The molecule has 0 aliphatic carbocycles. The van der Waals surface area contributed by atoms with Gasteiger partial charge in [-0.1, -0.05) is 76.8 Å². The molecule has 0 saturated carbocycles. The first-order valence-corrected chi connectivity index (χ1v) is 13.0. The van der Waals surface area contributed by atoms with Crippen LogP contribution in [0, 0.1) is 0 Å². The number of carbonyl (C=O) groups is 1. The molecule has 30 heavy (non-hydrogen) atoms. The summed E-state index contributed by atoms with van der Waals surface area (Å²) in [5.41, 5.74) is 0.538. The summed E-state index contributed by atoms with van der Waals surface area (Å²) in [6.45, 7) is 1.84. The predicted octanol–water partition coefficient (Wildman–Crippen LogP) is 6.56. The molecule has 0 spiro atoms. The molecule has 0 aliphatic rings. The van der Waals surface area contributed by atoms with Gasteiger partial charge >= 0.3 is 6.16 Å². The number of alkyl halides is 1. The summed E-state index contributed by atoms with van der Waals surface area (Å²) in [5.74, 6) is 0. The van der Waals surface area contributed by atoms with E-state index in [0.717, 1.165) is 25.5 Å². The van der Waals surface area contributed by atoms with Crippen molar-refractivity contribution in [1.29, 1.82) is 0 Å². The van der Waals surface area contributed by atoms with Gasteiger partial charge in [0.15, 0.2) is 9.84 Å². The third-order valence-electron chi connectivity index (χ3n) is 5.01. The van der Waals surface area contributed by atoms with Gasteiger partial charge in [-0.2, -0.15) is 0 Å². The second kappa shape index (κ2) is 15.2. The van der Waals surface area contributed by atoms with Gasteiger partial charge in [-0.25, -0.2) is 13.2 Å². The van der Waals surface area contributed by atoms with Crippen LogP contribution in [0.25, 0.3) is 0 Å². The van der Waals surface area contributed by atoms with Gasteiger partial charge in [-0.05, 0) is 24.1 Å². The van der Waals surface area contributed by atoms with Crippen LogP contribution in [0.3, 0.4) is 0 Å². The zero-order chi connectivity index (χ0) is 22.2. The summed E-state index contributed by atoms with van der Waals surface area (Å²) >= 11 is 0. The first-order chi connectivity index (χ1) is 14.4. The zero-order valence-corrected chi connectivity index (χ0v) is 19.2. The fraction of sp³-hybridized carbons (Fsp3) is 0.696. The lowest BCUT2D eigenvalue weighted by atomic mass is 10.1. The van der Waals surface area contributed by atoms with Crippen LogP contribution in [0.15, 0.2) is 29.2 Å². The van der Waals surface area contributed by atoms with Gasteiger partial charge in [0.25, 0.3) is 0 Å². The molecule has 0 fully saturated rings. The van der Waals surface area contributed by atoms with E-state index in [2.05, 4.69) is 6.92 Å². The molecule has 0 saturated heterocycles. The maximum absolute atomic E-state index is 12.9. The molecular weight excluding hydrogens is 407 g/mol. The standard InChI is InChI=1S/C23H37FO5S/c1-3-4-5-6-7-8-9-10-11-12-19-28-23(25)29-22(17-18-24)20-13-15-21(16-14-20)30(2,26)27/h13-16,22H,3-12,17-19H2,1-2H3. The quantitative estimate of drug-likeness (QED) is 0.213. The maximum Gasteiger partial charge on any atom is 0.508 e. The van der Waals surface area contributed by atoms with Gasteiger partial charge in [-0.3, -0.25) is 4.39 Å². The Bertz CT molecular complexity index is 688. The maximum atomic E-state index is 12.9. The highest BCUT2D eigenvalue weighted by molar-refractivity contribution is 7.90. The van der Waals surface area contributed by atoms with Crippen LogP contribution in [-0.2, 0) is 19.3 Å². The number of rotatable bonds is 16. The fourth-order valence-corrected chi connectivity index (χ4v) is 3.85. The van der Waals surface area contributed by atoms with Crippen molar-refractivity contribution in [1.82, 2.24) is 0 Å². The molecule has 1 rings (SSSR count). The van der Waals surface area contributed by atoms with Crippen LogP contribution in [0.2, 0.25) is 0 Å². The third kappa shape index (κ3) is 11.5. The highest BCUT2D eigenvalue weighted by Gasteiger charge is 2.18. The number of unbranched alkanes of at least 4 members (excludes halogenated alkanes) is 9. The Morgan fingerprint density at radius 3 is 1.97 bits per heavy atom. The van der Waals surface area contributed by atoms with Crippen LogP contribution < -0.4 is 0 Å². The van der Waals surface area contributed by atoms with Crippen LogP contribution in [0.4, 0.5) is 9.18 Å². The van der Waals surface area contributed by atoms with E-state index in [-0.39, 0.29) is 17.9 Å². The third-order valence-corrected chi connectivity index (χ3v) is 6.14. The SMILES string of the molecule is CCCCCCCCCCCCOC(=O)OC(CCF)c1ccc(S(C)(=O)=O)cc1. The number of ether oxygens (including phenoxy) is 2. The predicted molar refractivity (Wildman–Crippen MR) is 117 cm³/mol. The molecule has 0 heterocycles. The monoisotopic (exact) mass is 444 g/mol. The van der Waals surface area contributed by atoms with Crippen molar-refractivity contribution in [2.45, 2.75) is 88.6 Å². The van der Waals surface area contributed by atoms with Crippen molar-refractivity contribution in [3.05, 3.63) is 29.8 Å². The normalized spacial score (nSPS) is 12.5. The molecule has 0 N–H and O–H groups in total. The average molecular weight is 445 g/mol. The molecular formula is C23H37FO5S. The van der Waals surface area contributed by atoms with Crippen LogP contribution in [0.5, 0.6) is 0 Å². The van der Waals surface area contributed by atoms with E-state index >= 15 is 0 Å². The van der Waals surface area contributed by atoms with Gasteiger partial charge in [0.1, 0.15) is 6.10 Å². The zero-order valence-electron chi connectivity index (χ0n) is 18.4. The topological polar surface area (TPSA) is 69.7 Å². The van der Waals surface area contributed by atoms with Gasteiger partial charge in [0.05, 0.1) is 18.2 Å². The highest BCUT2D eigenvalue weighted by Crippen LogP contribution is 2.24. The molecule has 0 aliphatic heterocycles. The van der Waals surface area contributed by atoms with E-state index in [4.69, 9.17) is 9.47 Å². The van der Waals surface area contributed by atoms with Crippen molar-refractivity contribution in [3.8, 4) is 0 Å². The van der Waals surface area contributed by atoms with Gasteiger partial charge in [0.2, 0.25) is 0 Å². The molecule has 0 radical (unpaired) electrons. The number of benzene rings is 1. The molecule has 1 atom stereocenters. The minimum Gasteiger partial charge on any atom is -0.434 e. The number of carbonyl (C=O) groups excluding carboxylic acids is 1. The Balaban J connectivity index is 2.26. The molecule has 0 amide bonds. The lowest BCUT2D eigenvalue weighted by Crippen LogP contribution is -2.14. The summed E-state index contributed by atoms with van der Waals surface area (Å²) in [5, 5.41) is 0. The second-order valence-corrected chi connectivity index (χ2v) is 9.72. The molecule has 0 aromatic heterocycles. The number of hydrogen-bond donors (Lipinski definition) is 0. The Morgan fingerprint density at radius 1 is 0.933 bits per heavy atom. The van der Waals surface area contributed by atoms with E-state index in [0.29, 0.717) is 5.56 Å². The first-order valence-electron chi connectivity index (χ1n) is 11.1. The highest BCUT2D eigenvalue weighted by atomic mass is 32.2. The largest absolute Gasteiger partial charge is 0.508 e. The van der Waals surface area contributed by atoms with E-state index < -0.39 is 28.8 Å². The minimum absolute atomic E-state index is 0.00836. The molecule has 172 valence electrons. The summed E-state index contributed by atoms with van der Waals surface area (Å²) < 4.78 is 46.3. The van der Waals surface area contributed by atoms with E-state index in [1.54, 1.807) is 0 Å². The lowest BCUT2D eigenvalue weighted by molar-refractivity contribution is 0.0171. The number of halogens is 1. The Labute approximate surface area is 181 Å². The van der Waals surface area contributed by atoms with Gasteiger partial charge in [-0.15, -0.1) is 0 Å². The summed E-state index contributed by atoms with van der Waals surface area (Å²) in [7, 11) is -3.32. The minimum atomic E-state index is -3.32. The van der Waals surface area contributed by atoms with E-state index in [1.165, 1.54) is 69.2 Å². The van der Waals surface area contributed by atoms with Crippen LogP contribution in [0.1, 0.15) is 89.2 Å². The average Bonchev–Trinajstić information content (AvgIpc) is 2.71. The number of hydrogen-bond acceptors (Lipinski definition) is 5. The van der Waals surface area contributed by atoms with Gasteiger partial charge in [0, 0.05) is 12.7 Å². The molecule has 0 bridgehead atoms.